The molecule has 0 spiro atoms. The highest BCUT2D eigenvalue weighted by molar-refractivity contribution is 5.19. The highest BCUT2D eigenvalue weighted by atomic mass is 16.7. The standard InChI is InChI=1S/C19H30O2/c1-3-16(2)15-18(17-9-5-4-6-10-17)12-14-21-19-11-7-8-13-20-19/h4-6,9-10,16,18-19H,3,7-8,11-15H2,1-2H3. The molecule has 1 fully saturated rings. The molecule has 2 nitrogen and oxygen atoms in total. The number of rotatable bonds is 8. The molecule has 1 aromatic carbocycles. The van der Waals surface area contributed by atoms with Gasteiger partial charge in [-0.3, -0.25) is 0 Å². The van der Waals surface area contributed by atoms with E-state index in [1.54, 1.807) is 0 Å². The van der Waals surface area contributed by atoms with Gasteiger partial charge in [0.15, 0.2) is 6.29 Å². The molecule has 0 bridgehead atoms. The number of benzene rings is 1. The third-order valence-corrected chi connectivity index (χ3v) is 4.56. The molecule has 1 aliphatic rings. The van der Waals surface area contributed by atoms with E-state index in [0.29, 0.717) is 5.92 Å². The minimum Gasteiger partial charge on any atom is -0.353 e. The fourth-order valence-corrected chi connectivity index (χ4v) is 2.98. The molecule has 0 saturated carbocycles. The maximum absolute atomic E-state index is 5.93. The fraction of sp³-hybridized carbons (Fsp3) is 0.684. The van der Waals surface area contributed by atoms with Crippen molar-refractivity contribution in [1.29, 1.82) is 0 Å². The second-order valence-corrected chi connectivity index (χ2v) is 6.31. The molecule has 0 aliphatic carbocycles. The van der Waals surface area contributed by atoms with E-state index in [1.807, 2.05) is 0 Å². The second kappa shape index (κ2) is 9.22. The monoisotopic (exact) mass is 290 g/mol. The largest absolute Gasteiger partial charge is 0.353 e. The normalized spacial score (nSPS) is 21.9. The van der Waals surface area contributed by atoms with E-state index in [-0.39, 0.29) is 6.29 Å². The molecule has 118 valence electrons. The predicted molar refractivity (Wildman–Crippen MR) is 87.4 cm³/mol. The summed E-state index contributed by atoms with van der Waals surface area (Å²) < 4.78 is 11.6. The van der Waals surface area contributed by atoms with E-state index in [9.17, 15) is 0 Å². The Morgan fingerprint density at radius 1 is 1.24 bits per heavy atom. The van der Waals surface area contributed by atoms with Crippen molar-refractivity contribution in [2.24, 2.45) is 5.92 Å². The van der Waals surface area contributed by atoms with E-state index in [2.05, 4.69) is 44.2 Å². The summed E-state index contributed by atoms with van der Waals surface area (Å²) in [7, 11) is 0. The minimum absolute atomic E-state index is 0.0405. The molecule has 2 rings (SSSR count). The molecule has 3 atom stereocenters. The van der Waals surface area contributed by atoms with Crippen LogP contribution in [-0.4, -0.2) is 19.5 Å². The lowest BCUT2D eigenvalue weighted by atomic mass is 9.86. The highest BCUT2D eigenvalue weighted by Crippen LogP contribution is 2.28. The molecule has 21 heavy (non-hydrogen) atoms. The van der Waals surface area contributed by atoms with Gasteiger partial charge in [0.1, 0.15) is 0 Å². The van der Waals surface area contributed by atoms with Crippen LogP contribution >= 0.6 is 0 Å². The van der Waals surface area contributed by atoms with E-state index < -0.39 is 0 Å². The summed E-state index contributed by atoms with van der Waals surface area (Å²) >= 11 is 0. The Morgan fingerprint density at radius 3 is 2.71 bits per heavy atom. The third kappa shape index (κ3) is 5.80. The van der Waals surface area contributed by atoms with Crippen LogP contribution in [0.1, 0.15) is 63.9 Å². The number of hydrogen-bond donors (Lipinski definition) is 0. The Morgan fingerprint density at radius 2 is 2.05 bits per heavy atom. The summed E-state index contributed by atoms with van der Waals surface area (Å²) in [6, 6.07) is 10.9. The first kappa shape index (κ1) is 16.5. The van der Waals surface area contributed by atoms with Gasteiger partial charge in [0.25, 0.3) is 0 Å². The maximum atomic E-state index is 5.93. The molecule has 3 unspecified atom stereocenters. The lowest BCUT2D eigenvalue weighted by Crippen LogP contribution is -2.23. The first-order valence-electron chi connectivity index (χ1n) is 8.57. The summed E-state index contributed by atoms with van der Waals surface area (Å²) in [6.07, 6.45) is 7.10. The Bertz CT molecular complexity index is 370. The van der Waals surface area contributed by atoms with Gasteiger partial charge >= 0.3 is 0 Å². The lowest BCUT2D eigenvalue weighted by molar-refractivity contribution is -0.163. The minimum atomic E-state index is 0.0405. The molecule has 1 saturated heterocycles. The Hall–Kier alpha value is -0.860. The Kier molecular flexibility index (Phi) is 7.25. The molecule has 0 amide bonds. The van der Waals surface area contributed by atoms with Gasteiger partial charge < -0.3 is 9.47 Å². The SMILES string of the molecule is CCC(C)CC(CCOC1CCCCO1)c1ccccc1. The van der Waals surface area contributed by atoms with Crippen LogP contribution in [0, 0.1) is 5.92 Å². The fourth-order valence-electron chi connectivity index (χ4n) is 2.98. The zero-order valence-electron chi connectivity index (χ0n) is 13.6. The average Bonchev–Trinajstić information content (AvgIpc) is 2.55. The second-order valence-electron chi connectivity index (χ2n) is 6.31. The van der Waals surface area contributed by atoms with Crippen LogP contribution in [-0.2, 0) is 9.47 Å². The smallest absolute Gasteiger partial charge is 0.157 e. The zero-order chi connectivity index (χ0) is 14.9. The molecule has 0 N–H and O–H groups in total. The molecular formula is C19H30O2. The van der Waals surface area contributed by atoms with Crippen LogP contribution < -0.4 is 0 Å². The van der Waals surface area contributed by atoms with E-state index >= 15 is 0 Å². The first-order chi connectivity index (χ1) is 10.3. The van der Waals surface area contributed by atoms with E-state index in [0.717, 1.165) is 32.0 Å². The van der Waals surface area contributed by atoms with Crippen LogP contribution in [0.15, 0.2) is 30.3 Å². The molecule has 1 aromatic rings. The molecule has 1 aliphatic heterocycles. The Labute approximate surface area is 129 Å². The van der Waals surface area contributed by atoms with Crippen LogP contribution in [0.5, 0.6) is 0 Å². The highest BCUT2D eigenvalue weighted by Gasteiger charge is 2.17. The third-order valence-electron chi connectivity index (χ3n) is 4.56. The van der Waals surface area contributed by atoms with Crippen molar-refractivity contribution in [3.05, 3.63) is 35.9 Å². The summed E-state index contributed by atoms with van der Waals surface area (Å²) in [5.41, 5.74) is 1.45. The van der Waals surface area contributed by atoms with Crippen molar-refractivity contribution < 1.29 is 9.47 Å². The van der Waals surface area contributed by atoms with Crippen molar-refractivity contribution in [1.82, 2.24) is 0 Å². The van der Waals surface area contributed by atoms with Crippen molar-refractivity contribution in [3.63, 3.8) is 0 Å². The number of ether oxygens (including phenoxy) is 2. The van der Waals surface area contributed by atoms with E-state index in [4.69, 9.17) is 9.47 Å². The summed E-state index contributed by atoms with van der Waals surface area (Å²) in [5.74, 6) is 1.37. The molecule has 0 radical (unpaired) electrons. The van der Waals surface area contributed by atoms with Crippen molar-refractivity contribution in [2.45, 2.75) is 64.6 Å². The number of hydrogen-bond acceptors (Lipinski definition) is 2. The van der Waals surface area contributed by atoms with Gasteiger partial charge in [0.2, 0.25) is 0 Å². The predicted octanol–water partition coefficient (Wildman–Crippen LogP) is 5.14. The summed E-state index contributed by atoms with van der Waals surface area (Å²) in [4.78, 5) is 0. The molecule has 1 heterocycles. The lowest BCUT2D eigenvalue weighted by Gasteiger charge is -2.25. The van der Waals surface area contributed by atoms with Gasteiger partial charge in [-0.25, -0.2) is 0 Å². The van der Waals surface area contributed by atoms with Gasteiger partial charge in [0.05, 0.1) is 6.61 Å². The van der Waals surface area contributed by atoms with Crippen molar-refractivity contribution >= 4 is 0 Å². The molecular weight excluding hydrogens is 260 g/mol. The van der Waals surface area contributed by atoms with Crippen molar-refractivity contribution in [3.8, 4) is 0 Å². The van der Waals surface area contributed by atoms with Crippen LogP contribution in [0.25, 0.3) is 0 Å². The zero-order valence-corrected chi connectivity index (χ0v) is 13.6. The van der Waals surface area contributed by atoms with Crippen molar-refractivity contribution in [2.75, 3.05) is 13.2 Å². The average molecular weight is 290 g/mol. The molecule has 0 aromatic heterocycles. The maximum Gasteiger partial charge on any atom is 0.157 e. The van der Waals surface area contributed by atoms with Gasteiger partial charge in [0, 0.05) is 6.61 Å². The van der Waals surface area contributed by atoms with Gasteiger partial charge in [-0.05, 0) is 49.5 Å². The van der Waals surface area contributed by atoms with Gasteiger partial charge in [-0.2, -0.15) is 0 Å². The first-order valence-corrected chi connectivity index (χ1v) is 8.57. The Balaban J connectivity index is 1.83. The quantitative estimate of drug-likeness (QED) is 0.660. The van der Waals surface area contributed by atoms with Crippen LogP contribution in [0.3, 0.4) is 0 Å². The van der Waals surface area contributed by atoms with E-state index in [1.165, 1.54) is 31.2 Å². The molecule has 2 heteroatoms. The van der Waals surface area contributed by atoms with Gasteiger partial charge in [-0.15, -0.1) is 0 Å². The van der Waals surface area contributed by atoms with Crippen LogP contribution in [0.2, 0.25) is 0 Å². The summed E-state index contributed by atoms with van der Waals surface area (Å²) in [6.45, 7) is 6.29. The summed E-state index contributed by atoms with van der Waals surface area (Å²) in [5, 5.41) is 0. The van der Waals surface area contributed by atoms with Crippen LogP contribution in [0.4, 0.5) is 0 Å². The van der Waals surface area contributed by atoms with Gasteiger partial charge in [-0.1, -0.05) is 50.6 Å². The topological polar surface area (TPSA) is 18.5 Å².